The van der Waals surface area contributed by atoms with Crippen LogP contribution in [0, 0.1) is 19.7 Å². The highest BCUT2D eigenvalue weighted by Gasteiger charge is 2.07. The Balaban J connectivity index is 2.42. The topological polar surface area (TPSA) is 38.0 Å². The van der Waals surface area contributed by atoms with Gasteiger partial charge in [0.25, 0.3) is 0 Å². The number of nitrogens with one attached hydrogen (secondary N) is 1. The standard InChI is InChI=1S/C14H15FN2/c1-9-5-4-8-12(13(9)16)17-14-10(2)6-3-7-11(14)15/h3-8,17H,16H2,1-2H3. The van der Waals surface area contributed by atoms with Crippen LogP contribution < -0.4 is 11.1 Å². The fraction of sp³-hybridized carbons (Fsp3) is 0.143. The van der Waals surface area contributed by atoms with Crippen molar-refractivity contribution in [2.45, 2.75) is 13.8 Å². The van der Waals surface area contributed by atoms with Crippen molar-refractivity contribution < 1.29 is 4.39 Å². The van der Waals surface area contributed by atoms with E-state index in [0.29, 0.717) is 11.4 Å². The SMILES string of the molecule is Cc1cccc(Nc2c(C)cccc2F)c1N. The molecule has 0 spiro atoms. The second kappa shape index (κ2) is 4.45. The lowest BCUT2D eigenvalue weighted by molar-refractivity contribution is 0.631. The van der Waals surface area contributed by atoms with Crippen LogP contribution in [0.4, 0.5) is 21.5 Å². The molecule has 2 aromatic rings. The third-order valence-corrected chi connectivity index (χ3v) is 2.81. The number of aryl methyl sites for hydroxylation is 2. The van der Waals surface area contributed by atoms with Crippen molar-refractivity contribution in [3.8, 4) is 0 Å². The quantitative estimate of drug-likeness (QED) is 0.771. The summed E-state index contributed by atoms with van der Waals surface area (Å²) in [6.07, 6.45) is 0. The van der Waals surface area contributed by atoms with E-state index in [-0.39, 0.29) is 5.82 Å². The molecule has 0 fully saturated rings. The van der Waals surface area contributed by atoms with Gasteiger partial charge in [-0.25, -0.2) is 4.39 Å². The summed E-state index contributed by atoms with van der Waals surface area (Å²) >= 11 is 0. The fourth-order valence-corrected chi connectivity index (χ4v) is 1.71. The predicted octanol–water partition coefficient (Wildman–Crippen LogP) is 3.77. The predicted molar refractivity (Wildman–Crippen MR) is 70.0 cm³/mol. The van der Waals surface area contributed by atoms with Crippen LogP contribution in [0.25, 0.3) is 0 Å². The maximum absolute atomic E-state index is 13.7. The van der Waals surface area contributed by atoms with Gasteiger partial charge in [-0.1, -0.05) is 24.3 Å². The zero-order chi connectivity index (χ0) is 12.4. The smallest absolute Gasteiger partial charge is 0.146 e. The molecule has 17 heavy (non-hydrogen) atoms. The summed E-state index contributed by atoms with van der Waals surface area (Å²) in [5.74, 6) is -0.272. The lowest BCUT2D eigenvalue weighted by atomic mass is 10.1. The minimum absolute atomic E-state index is 0.272. The number of para-hydroxylation sites is 2. The van der Waals surface area contributed by atoms with Gasteiger partial charge in [-0.3, -0.25) is 0 Å². The van der Waals surface area contributed by atoms with E-state index in [1.54, 1.807) is 6.07 Å². The molecule has 0 atom stereocenters. The second-order valence-corrected chi connectivity index (χ2v) is 4.09. The first-order chi connectivity index (χ1) is 8.09. The van der Waals surface area contributed by atoms with Crippen LogP contribution in [0.1, 0.15) is 11.1 Å². The third-order valence-electron chi connectivity index (χ3n) is 2.81. The van der Waals surface area contributed by atoms with Gasteiger partial charge in [-0.05, 0) is 37.1 Å². The zero-order valence-corrected chi connectivity index (χ0v) is 9.92. The number of halogens is 1. The molecule has 0 radical (unpaired) electrons. The van der Waals surface area contributed by atoms with Crippen molar-refractivity contribution >= 4 is 17.1 Å². The number of nitrogen functional groups attached to an aromatic ring is 1. The molecule has 0 saturated heterocycles. The summed E-state index contributed by atoms with van der Waals surface area (Å²) in [6, 6.07) is 10.6. The van der Waals surface area contributed by atoms with Crippen molar-refractivity contribution in [2.75, 3.05) is 11.1 Å². The maximum Gasteiger partial charge on any atom is 0.146 e. The van der Waals surface area contributed by atoms with E-state index in [1.165, 1.54) is 6.07 Å². The molecule has 2 nitrogen and oxygen atoms in total. The molecular weight excluding hydrogens is 215 g/mol. The van der Waals surface area contributed by atoms with Gasteiger partial charge in [0, 0.05) is 0 Å². The van der Waals surface area contributed by atoms with Crippen LogP contribution >= 0.6 is 0 Å². The third kappa shape index (κ3) is 2.23. The first-order valence-corrected chi connectivity index (χ1v) is 5.47. The molecule has 3 N–H and O–H groups in total. The monoisotopic (exact) mass is 230 g/mol. The molecule has 2 aromatic carbocycles. The highest BCUT2D eigenvalue weighted by atomic mass is 19.1. The fourth-order valence-electron chi connectivity index (χ4n) is 1.71. The average molecular weight is 230 g/mol. The van der Waals surface area contributed by atoms with Crippen LogP contribution in [0.3, 0.4) is 0 Å². The summed E-state index contributed by atoms with van der Waals surface area (Å²) in [5, 5.41) is 3.05. The summed E-state index contributed by atoms with van der Waals surface area (Å²) in [7, 11) is 0. The Morgan fingerprint density at radius 2 is 1.65 bits per heavy atom. The summed E-state index contributed by atoms with van der Waals surface area (Å²) in [4.78, 5) is 0. The number of hydrogen-bond acceptors (Lipinski definition) is 2. The first kappa shape index (κ1) is 11.5. The molecule has 0 aliphatic carbocycles. The van der Waals surface area contributed by atoms with Crippen molar-refractivity contribution in [3.05, 3.63) is 53.3 Å². The molecule has 0 heterocycles. The lowest BCUT2D eigenvalue weighted by Crippen LogP contribution is -2.01. The Morgan fingerprint density at radius 3 is 2.35 bits per heavy atom. The molecule has 0 aliphatic heterocycles. The molecule has 0 amide bonds. The summed E-state index contributed by atoms with van der Waals surface area (Å²) < 4.78 is 13.7. The molecule has 2 rings (SSSR count). The van der Waals surface area contributed by atoms with Crippen molar-refractivity contribution in [2.24, 2.45) is 0 Å². The van der Waals surface area contributed by atoms with Gasteiger partial charge in [-0.15, -0.1) is 0 Å². The largest absolute Gasteiger partial charge is 0.397 e. The molecule has 0 unspecified atom stereocenters. The van der Waals surface area contributed by atoms with E-state index in [2.05, 4.69) is 5.32 Å². The molecule has 3 heteroatoms. The van der Waals surface area contributed by atoms with Gasteiger partial charge in [0.1, 0.15) is 5.82 Å². The van der Waals surface area contributed by atoms with Crippen LogP contribution in [-0.4, -0.2) is 0 Å². The van der Waals surface area contributed by atoms with E-state index in [0.717, 1.165) is 16.8 Å². The molecule has 0 aliphatic rings. The highest BCUT2D eigenvalue weighted by Crippen LogP contribution is 2.28. The number of nitrogens with two attached hydrogens (primary N) is 1. The first-order valence-electron chi connectivity index (χ1n) is 5.47. The number of anilines is 3. The second-order valence-electron chi connectivity index (χ2n) is 4.09. The zero-order valence-electron chi connectivity index (χ0n) is 9.92. The highest BCUT2D eigenvalue weighted by molar-refractivity contribution is 5.76. The Kier molecular flexibility index (Phi) is 3.00. The summed E-state index contributed by atoms with van der Waals surface area (Å²) in [6.45, 7) is 3.78. The van der Waals surface area contributed by atoms with Gasteiger partial charge in [0.15, 0.2) is 0 Å². The van der Waals surface area contributed by atoms with E-state index >= 15 is 0 Å². The van der Waals surface area contributed by atoms with Crippen LogP contribution in [0.2, 0.25) is 0 Å². The van der Waals surface area contributed by atoms with Crippen LogP contribution in [0.5, 0.6) is 0 Å². The Hall–Kier alpha value is -2.03. The number of benzene rings is 2. The Bertz CT molecular complexity index is 530. The molecule has 0 bridgehead atoms. The average Bonchev–Trinajstić information content (AvgIpc) is 2.29. The lowest BCUT2D eigenvalue weighted by Gasteiger charge is -2.13. The van der Waals surface area contributed by atoms with Crippen molar-refractivity contribution in [1.29, 1.82) is 0 Å². The molecular formula is C14H15FN2. The molecule has 0 saturated carbocycles. The number of rotatable bonds is 2. The minimum Gasteiger partial charge on any atom is -0.397 e. The molecule has 88 valence electrons. The maximum atomic E-state index is 13.7. The van der Waals surface area contributed by atoms with Gasteiger partial charge < -0.3 is 11.1 Å². The van der Waals surface area contributed by atoms with Gasteiger partial charge in [-0.2, -0.15) is 0 Å². The Labute approximate surface area is 100 Å². The van der Waals surface area contributed by atoms with E-state index in [1.807, 2.05) is 38.1 Å². The van der Waals surface area contributed by atoms with E-state index in [4.69, 9.17) is 5.73 Å². The number of hydrogen-bond donors (Lipinski definition) is 2. The van der Waals surface area contributed by atoms with E-state index < -0.39 is 0 Å². The van der Waals surface area contributed by atoms with Gasteiger partial charge in [0.05, 0.1) is 17.1 Å². The van der Waals surface area contributed by atoms with Gasteiger partial charge >= 0.3 is 0 Å². The Morgan fingerprint density at radius 1 is 1.00 bits per heavy atom. The van der Waals surface area contributed by atoms with Crippen LogP contribution in [-0.2, 0) is 0 Å². The van der Waals surface area contributed by atoms with Gasteiger partial charge in [0.2, 0.25) is 0 Å². The van der Waals surface area contributed by atoms with Crippen LogP contribution in [0.15, 0.2) is 36.4 Å². The minimum atomic E-state index is -0.272. The normalized spacial score (nSPS) is 10.3. The van der Waals surface area contributed by atoms with Crippen molar-refractivity contribution in [1.82, 2.24) is 0 Å². The van der Waals surface area contributed by atoms with E-state index in [9.17, 15) is 4.39 Å². The van der Waals surface area contributed by atoms with Crippen molar-refractivity contribution in [3.63, 3.8) is 0 Å². The molecule has 0 aromatic heterocycles. The summed E-state index contributed by atoms with van der Waals surface area (Å²) in [5.41, 5.74) is 9.63.